The van der Waals surface area contributed by atoms with Crippen LogP contribution in [-0.4, -0.2) is 65.0 Å². The Kier molecular flexibility index (Phi) is 10.5. The average molecular weight is 336 g/mol. The highest BCUT2D eigenvalue weighted by Crippen LogP contribution is 2.02. The molecule has 0 aromatic rings. The number of hydrogen-bond acceptors (Lipinski definition) is 7. The zero-order valence-electron chi connectivity index (χ0n) is 12.2. The lowest BCUT2D eigenvalue weighted by Crippen LogP contribution is -2.55. The van der Waals surface area contributed by atoms with Crippen molar-refractivity contribution in [3.63, 3.8) is 0 Å². The van der Waals surface area contributed by atoms with Crippen LogP contribution in [-0.2, 0) is 14.4 Å². The van der Waals surface area contributed by atoms with E-state index < -0.39 is 42.5 Å². The quantitative estimate of drug-likeness (QED) is 0.160. The monoisotopic (exact) mass is 336 g/mol. The summed E-state index contributed by atoms with van der Waals surface area (Å²) in [6.07, 6.45) is 1.51. The predicted octanol–water partition coefficient (Wildman–Crippen LogP) is -2.58. The van der Waals surface area contributed by atoms with Crippen LogP contribution in [0, 0.1) is 0 Å². The molecule has 0 fully saturated rings. The van der Waals surface area contributed by atoms with Gasteiger partial charge in [0.1, 0.15) is 12.1 Å². The molecule has 8 N–H and O–H groups in total. The molecule has 3 atom stereocenters. The fourth-order valence-corrected chi connectivity index (χ4v) is 1.75. The Morgan fingerprint density at radius 3 is 2.14 bits per heavy atom. The third kappa shape index (κ3) is 7.59. The number of carbonyl (C=O) groups is 3. The Bertz CT molecular complexity index is 383. The van der Waals surface area contributed by atoms with Crippen molar-refractivity contribution in [3.05, 3.63) is 0 Å². The fraction of sp³-hybridized carbons (Fsp3) is 0.750. The lowest BCUT2D eigenvalue weighted by atomic mass is 10.1. The van der Waals surface area contributed by atoms with E-state index in [1.54, 1.807) is 0 Å². The molecule has 0 saturated carbocycles. The molecule has 0 bridgehead atoms. The summed E-state index contributed by atoms with van der Waals surface area (Å²) in [7, 11) is 0. The molecule has 0 aromatic heterocycles. The summed E-state index contributed by atoms with van der Waals surface area (Å²) < 4.78 is 0. The second-order valence-corrected chi connectivity index (χ2v) is 5.08. The smallest absolute Gasteiger partial charge is 0.328 e. The van der Waals surface area contributed by atoms with Gasteiger partial charge in [-0.25, -0.2) is 4.79 Å². The van der Waals surface area contributed by atoms with Gasteiger partial charge in [0.25, 0.3) is 0 Å². The van der Waals surface area contributed by atoms with Crippen molar-refractivity contribution in [2.24, 2.45) is 11.5 Å². The van der Waals surface area contributed by atoms with Gasteiger partial charge in [-0.1, -0.05) is 0 Å². The molecule has 0 radical (unpaired) electrons. The van der Waals surface area contributed by atoms with Crippen molar-refractivity contribution in [2.75, 3.05) is 18.9 Å². The molecule has 0 heterocycles. The van der Waals surface area contributed by atoms with Crippen LogP contribution in [0.5, 0.6) is 0 Å². The van der Waals surface area contributed by atoms with Crippen LogP contribution in [0.3, 0.4) is 0 Å². The predicted molar refractivity (Wildman–Crippen MR) is 83.3 cm³/mol. The van der Waals surface area contributed by atoms with E-state index in [4.69, 9.17) is 21.7 Å². The van der Waals surface area contributed by atoms with E-state index in [1.807, 2.05) is 0 Å². The molecule has 0 aromatic carbocycles. The van der Waals surface area contributed by atoms with E-state index in [1.165, 1.54) is 0 Å². The van der Waals surface area contributed by atoms with Gasteiger partial charge < -0.3 is 32.3 Å². The van der Waals surface area contributed by atoms with Gasteiger partial charge in [0, 0.05) is 5.75 Å². The SMILES string of the molecule is NCCCC[C@H](NC(=O)[C@@H](N)CS)C(=O)N[C@@H](CO)C(=O)O. The Balaban J connectivity index is 4.78. The summed E-state index contributed by atoms with van der Waals surface area (Å²) in [6, 6.07) is -3.25. The zero-order valence-corrected chi connectivity index (χ0v) is 13.1. The lowest BCUT2D eigenvalue weighted by Gasteiger charge is -2.22. The molecule has 22 heavy (non-hydrogen) atoms. The summed E-state index contributed by atoms with van der Waals surface area (Å²) >= 11 is 3.90. The third-order valence-electron chi connectivity index (χ3n) is 2.91. The van der Waals surface area contributed by atoms with Crippen LogP contribution in [0.2, 0.25) is 0 Å². The molecule has 10 heteroatoms. The van der Waals surface area contributed by atoms with Gasteiger partial charge in [-0.3, -0.25) is 9.59 Å². The second-order valence-electron chi connectivity index (χ2n) is 4.72. The summed E-state index contributed by atoms with van der Waals surface area (Å²) in [5, 5.41) is 22.4. The number of carboxylic acids is 1. The van der Waals surface area contributed by atoms with Crippen LogP contribution in [0.4, 0.5) is 0 Å². The molecule has 9 nitrogen and oxygen atoms in total. The Hall–Kier alpha value is -1.36. The third-order valence-corrected chi connectivity index (χ3v) is 3.30. The van der Waals surface area contributed by atoms with Gasteiger partial charge in [-0.15, -0.1) is 0 Å². The first kappa shape index (κ1) is 20.6. The van der Waals surface area contributed by atoms with Crippen LogP contribution in [0.15, 0.2) is 0 Å². The van der Waals surface area contributed by atoms with Crippen molar-refractivity contribution in [3.8, 4) is 0 Å². The fourth-order valence-electron chi connectivity index (χ4n) is 1.58. The van der Waals surface area contributed by atoms with Gasteiger partial charge in [-0.05, 0) is 25.8 Å². The molecule has 0 rings (SSSR count). The number of aliphatic hydroxyl groups is 1. The number of thiol groups is 1. The first-order valence-corrected chi connectivity index (χ1v) is 7.51. The van der Waals surface area contributed by atoms with E-state index in [9.17, 15) is 14.4 Å². The first-order chi connectivity index (χ1) is 10.4. The molecule has 0 aliphatic carbocycles. The topological polar surface area (TPSA) is 168 Å². The van der Waals surface area contributed by atoms with Crippen molar-refractivity contribution in [2.45, 2.75) is 37.4 Å². The number of nitrogens with two attached hydrogens (primary N) is 2. The van der Waals surface area contributed by atoms with Crippen molar-refractivity contribution < 1.29 is 24.6 Å². The number of nitrogens with one attached hydrogen (secondary N) is 2. The Morgan fingerprint density at radius 1 is 1.09 bits per heavy atom. The van der Waals surface area contributed by atoms with Crippen molar-refractivity contribution in [1.29, 1.82) is 0 Å². The summed E-state index contributed by atoms with van der Waals surface area (Å²) in [5.41, 5.74) is 10.9. The van der Waals surface area contributed by atoms with E-state index in [2.05, 4.69) is 23.3 Å². The minimum Gasteiger partial charge on any atom is -0.480 e. The number of hydrogen-bond donors (Lipinski definition) is 7. The van der Waals surface area contributed by atoms with Crippen LogP contribution >= 0.6 is 12.6 Å². The normalized spacial score (nSPS) is 14.7. The number of amides is 2. The Labute approximate surface area is 134 Å². The highest BCUT2D eigenvalue weighted by Gasteiger charge is 2.26. The maximum Gasteiger partial charge on any atom is 0.328 e. The molecule has 0 unspecified atom stereocenters. The molecular formula is C12H24N4O5S. The molecular weight excluding hydrogens is 312 g/mol. The number of aliphatic hydroxyl groups excluding tert-OH is 1. The maximum atomic E-state index is 12.1. The number of aliphatic carboxylic acids is 1. The van der Waals surface area contributed by atoms with Crippen molar-refractivity contribution in [1.82, 2.24) is 10.6 Å². The zero-order chi connectivity index (χ0) is 17.1. The lowest BCUT2D eigenvalue weighted by molar-refractivity contribution is -0.143. The molecule has 0 saturated heterocycles. The molecule has 0 aliphatic heterocycles. The molecule has 0 spiro atoms. The van der Waals surface area contributed by atoms with Crippen LogP contribution in [0.25, 0.3) is 0 Å². The van der Waals surface area contributed by atoms with Gasteiger partial charge in [0.15, 0.2) is 0 Å². The minimum atomic E-state index is -1.43. The summed E-state index contributed by atoms with van der Waals surface area (Å²) in [5.74, 6) is -2.51. The van der Waals surface area contributed by atoms with E-state index in [0.717, 1.165) is 0 Å². The number of unbranched alkanes of at least 4 members (excludes halogenated alkanes) is 1. The number of rotatable bonds is 11. The van der Waals surface area contributed by atoms with Gasteiger partial charge in [0.2, 0.25) is 11.8 Å². The molecule has 2 amide bonds. The summed E-state index contributed by atoms with van der Waals surface area (Å²) in [6.45, 7) is -0.312. The van der Waals surface area contributed by atoms with E-state index >= 15 is 0 Å². The first-order valence-electron chi connectivity index (χ1n) is 6.88. The highest BCUT2D eigenvalue weighted by atomic mass is 32.1. The van der Waals surface area contributed by atoms with Crippen LogP contribution < -0.4 is 22.1 Å². The maximum absolute atomic E-state index is 12.1. The van der Waals surface area contributed by atoms with Gasteiger partial charge in [0.05, 0.1) is 12.6 Å². The van der Waals surface area contributed by atoms with Crippen LogP contribution in [0.1, 0.15) is 19.3 Å². The standard InChI is InChI=1S/C12H24N4O5S/c13-4-2-1-3-8(15-10(18)7(14)6-22)11(19)16-9(5-17)12(20)21/h7-9,17,22H,1-6,13-14H2,(H,15,18)(H,16,19)(H,20,21)/t7-,8-,9-/m0/s1. The van der Waals surface area contributed by atoms with Gasteiger partial charge >= 0.3 is 5.97 Å². The van der Waals surface area contributed by atoms with Crippen molar-refractivity contribution >= 4 is 30.4 Å². The largest absolute Gasteiger partial charge is 0.480 e. The molecule has 0 aliphatic rings. The highest BCUT2D eigenvalue weighted by molar-refractivity contribution is 7.80. The van der Waals surface area contributed by atoms with E-state index in [-0.39, 0.29) is 12.2 Å². The summed E-state index contributed by atoms with van der Waals surface area (Å²) in [4.78, 5) is 34.6. The van der Waals surface area contributed by atoms with Gasteiger partial charge in [-0.2, -0.15) is 12.6 Å². The Morgan fingerprint density at radius 2 is 1.68 bits per heavy atom. The second kappa shape index (κ2) is 11.2. The minimum absolute atomic E-state index is 0.108. The number of carboxylic acid groups (broad SMARTS) is 1. The molecule has 128 valence electrons. The number of carbonyl (C=O) groups excluding carboxylic acids is 2. The average Bonchev–Trinajstić information content (AvgIpc) is 2.49. The van der Waals surface area contributed by atoms with E-state index in [0.29, 0.717) is 19.4 Å².